The maximum atomic E-state index is 12.9. The third-order valence-electron chi connectivity index (χ3n) is 4.28. The predicted octanol–water partition coefficient (Wildman–Crippen LogP) is 3.40. The zero-order chi connectivity index (χ0) is 18.3. The van der Waals surface area contributed by atoms with Crippen LogP contribution in [-0.2, 0) is 13.6 Å². The molecule has 0 unspecified atom stereocenters. The van der Waals surface area contributed by atoms with Gasteiger partial charge in [0.15, 0.2) is 0 Å². The van der Waals surface area contributed by atoms with Crippen molar-refractivity contribution in [2.45, 2.75) is 13.5 Å². The van der Waals surface area contributed by atoms with Crippen molar-refractivity contribution >= 4 is 27.5 Å². The van der Waals surface area contributed by atoms with Crippen LogP contribution in [0.3, 0.4) is 0 Å². The Hall–Kier alpha value is -2.93. The highest BCUT2D eigenvalue weighted by molar-refractivity contribution is 7.20. The van der Waals surface area contributed by atoms with E-state index in [1.54, 1.807) is 15.8 Å². The van der Waals surface area contributed by atoms with Crippen LogP contribution in [0.25, 0.3) is 15.9 Å². The number of hydrogen-bond donors (Lipinski definition) is 0. The molecule has 4 aromatic rings. The van der Waals surface area contributed by atoms with E-state index in [2.05, 4.69) is 10.2 Å². The van der Waals surface area contributed by atoms with E-state index < -0.39 is 0 Å². The number of fused-ring (bicyclic) bond motifs is 1. The van der Waals surface area contributed by atoms with Crippen molar-refractivity contribution in [3.63, 3.8) is 0 Å². The molecule has 0 aliphatic carbocycles. The highest BCUT2D eigenvalue weighted by Gasteiger charge is 2.20. The summed E-state index contributed by atoms with van der Waals surface area (Å²) in [5.74, 6) is 0.00839. The Bertz CT molecular complexity index is 1080. The Balaban J connectivity index is 1.66. The number of thiophene rings is 1. The Kier molecular flexibility index (Phi) is 4.08. The third kappa shape index (κ3) is 2.90. The first-order valence-corrected chi connectivity index (χ1v) is 9.12. The van der Waals surface area contributed by atoms with Gasteiger partial charge in [-0.2, -0.15) is 10.2 Å². The summed E-state index contributed by atoms with van der Waals surface area (Å²) in [6.07, 6.45) is 3.71. The number of aromatic nitrogens is 4. The highest BCUT2D eigenvalue weighted by atomic mass is 32.1. The number of hydrogen-bond acceptors (Lipinski definition) is 4. The van der Waals surface area contributed by atoms with E-state index in [9.17, 15) is 4.79 Å². The summed E-state index contributed by atoms with van der Waals surface area (Å²) in [7, 11) is 3.69. The van der Waals surface area contributed by atoms with Gasteiger partial charge in [0.05, 0.1) is 22.5 Å². The van der Waals surface area contributed by atoms with Gasteiger partial charge in [0, 0.05) is 37.8 Å². The summed E-state index contributed by atoms with van der Waals surface area (Å²) in [6, 6.07) is 11.9. The molecule has 0 aliphatic heterocycles. The van der Waals surface area contributed by atoms with Crippen molar-refractivity contribution in [3.05, 3.63) is 64.9 Å². The van der Waals surface area contributed by atoms with Crippen molar-refractivity contribution in [1.29, 1.82) is 0 Å². The van der Waals surface area contributed by atoms with Crippen molar-refractivity contribution in [3.8, 4) is 5.69 Å². The molecule has 0 radical (unpaired) electrons. The molecule has 1 aromatic carbocycles. The molecule has 3 heterocycles. The van der Waals surface area contributed by atoms with E-state index in [-0.39, 0.29) is 5.91 Å². The minimum Gasteiger partial charge on any atom is -0.337 e. The number of nitrogens with zero attached hydrogens (tertiary/aromatic N) is 5. The average Bonchev–Trinajstić information content (AvgIpc) is 3.32. The van der Waals surface area contributed by atoms with Gasteiger partial charge in [-0.3, -0.25) is 9.48 Å². The molecule has 6 nitrogen and oxygen atoms in total. The quantitative estimate of drug-likeness (QED) is 0.557. The predicted molar refractivity (Wildman–Crippen MR) is 103 cm³/mol. The van der Waals surface area contributed by atoms with Crippen LogP contribution < -0.4 is 0 Å². The van der Waals surface area contributed by atoms with Gasteiger partial charge in [0.1, 0.15) is 4.83 Å². The van der Waals surface area contributed by atoms with Crippen molar-refractivity contribution in [2.24, 2.45) is 7.05 Å². The van der Waals surface area contributed by atoms with Gasteiger partial charge in [0.25, 0.3) is 5.91 Å². The molecule has 0 saturated heterocycles. The van der Waals surface area contributed by atoms with Crippen molar-refractivity contribution in [1.82, 2.24) is 24.5 Å². The first kappa shape index (κ1) is 16.5. The van der Waals surface area contributed by atoms with Crippen LogP contribution in [0, 0.1) is 6.92 Å². The number of benzene rings is 1. The first-order chi connectivity index (χ1) is 12.5. The number of carbonyl (C=O) groups is 1. The van der Waals surface area contributed by atoms with Crippen LogP contribution in [0.15, 0.2) is 48.8 Å². The molecule has 7 heteroatoms. The summed E-state index contributed by atoms with van der Waals surface area (Å²) in [6.45, 7) is 2.51. The maximum absolute atomic E-state index is 12.9. The van der Waals surface area contributed by atoms with Crippen molar-refractivity contribution < 1.29 is 4.79 Å². The van der Waals surface area contributed by atoms with Crippen molar-refractivity contribution in [2.75, 3.05) is 7.05 Å². The first-order valence-electron chi connectivity index (χ1n) is 8.30. The van der Waals surface area contributed by atoms with Crippen LogP contribution in [0.5, 0.6) is 0 Å². The zero-order valence-electron chi connectivity index (χ0n) is 14.9. The number of aryl methyl sites for hydroxylation is 2. The standard InChI is InChI=1S/C19H19N5OS/c1-13-16-9-17(18(25)22(2)11-14-10-20-23(3)12-14)26-19(16)24(21-13)15-7-5-4-6-8-15/h4-10,12H,11H2,1-3H3. The van der Waals surface area contributed by atoms with E-state index in [0.29, 0.717) is 6.54 Å². The van der Waals surface area contributed by atoms with E-state index >= 15 is 0 Å². The Morgan fingerprint density at radius 3 is 2.73 bits per heavy atom. The molecule has 1 amide bonds. The minimum absolute atomic E-state index is 0.00839. The maximum Gasteiger partial charge on any atom is 0.264 e. The second-order valence-electron chi connectivity index (χ2n) is 6.35. The largest absolute Gasteiger partial charge is 0.337 e. The lowest BCUT2D eigenvalue weighted by molar-refractivity contribution is 0.0790. The molecule has 26 heavy (non-hydrogen) atoms. The molecule has 0 bridgehead atoms. The van der Waals surface area contributed by atoms with Gasteiger partial charge in [-0.1, -0.05) is 18.2 Å². The summed E-state index contributed by atoms with van der Waals surface area (Å²) in [5.41, 5.74) is 2.93. The molecule has 0 saturated carbocycles. The minimum atomic E-state index is 0.00839. The Morgan fingerprint density at radius 1 is 1.27 bits per heavy atom. The summed E-state index contributed by atoms with van der Waals surface area (Å²) in [4.78, 5) is 16.3. The molecular formula is C19H19N5OS. The highest BCUT2D eigenvalue weighted by Crippen LogP contribution is 2.31. The van der Waals surface area contributed by atoms with Gasteiger partial charge in [0.2, 0.25) is 0 Å². The van der Waals surface area contributed by atoms with Crippen LogP contribution in [0.4, 0.5) is 0 Å². The summed E-state index contributed by atoms with van der Waals surface area (Å²) >= 11 is 1.48. The molecule has 0 spiro atoms. The second-order valence-corrected chi connectivity index (χ2v) is 7.38. The van der Waals surface area contributed by atoms with Crippen LogP contribution in [0.2, 0.25) is 0 Å². The average molecular weight is 365 g/mol. The van der Waals surface area contributed by atoms with Gasteiger partial charge < -0.3 is 4.90 Å². The number of carbonyl (C=O) groups excluding carboxylic acids is 1. The van der Waals surface area contributed by atoms with Crippen LogP contribution in [-0.4, -0.2) is 37.4 Å². The smallest absolute Gasteiger partial charge is 0.264 e. The summed E-state index contributed by atoms with van der Waals surface area (Å²) < 4.78 is 3.65. The summed E-state index contributed by atoms with van der Waals surface area (Å²) in [5, 5.41) is 9.81. The monoisotopic (exact) mass is 365 g/mol. The molecule has 4 rings (SSSR count). The van der Waals surface area contributed by atoms with E-state index in [1.807, 2.05) is 68.3 Å². The topological polar surface area (TPSA) is 56.0 Å². The molecule has 0 atom stereocenters. The lowest BCUT2D eigenvalue weighted by atomic mass is 10.3. The SMILES string of the molecule is Cc1nn(-c2ccccc2)c2sc(C(=O)N(C)Cc3cnn(C)c3)cc12. The van der Waals surface area contributed by atoms with Gasteiger partial charge >= 0.3 is 0 Å². The number of rotatable bonds is 4. The fourth-order valence-electron chi connectivity index (χ4n) is 2.98. The Labute approximate surface area is 155 Å². The molecule has 3 aromatic heterocycles. The van der Waals surface area contributed by atoms with E-state index in [4.69, 9.17) is 0 Å². The fourth-order valence-corrected chi connectivity index (χ4v) is 4.16. The van der Waals surface area contributed by atoms with E-state index in [1.165, 1.54) is 11.3 Å². The molecule has 132 valence electrons. The number of amides is 1. The Morgan fingerprint density at radius 2 is 2.04 bits per heavy atom. The zero-order valence-corrected chi connectivity index (χ0v) is 15.7. The second kappa shape index (κ2) is 6.42. The van der Waals surface area contributed by atoms with Gasteiger partial charge in [-0.25, -0.2) is 4.68 Å². The van der Waals surface area contributed by atoms with Gasteiger partial charge in [-0.15, -0.1) is 11.3 Å². The van der Waals surface area contributed by atoms with Gasteiger partial charge in [-0.05, 0) is 25.1 Å². The number of para-hydroxylation sites is 1. The van der Waals surface area contributed by atoms with Crippen LogP contribution >= 0.6 is 11.3 Å². The van der Waals surface area contributed by atoms with E-state index in [0.717, 1.165) is 32.0 Å². The lowest BCUT2D eigenvalue weighted by Gasteiger charge is -2.14. The van der Waals surface area contributed by atoms with Crippen LogP contribution in [0.1, 0.15) is 20.9 Å². The normalized spacial score (nSPS) is 11.2. The third-order valence-corrected chi connectivity index (χ3v) is 5.38. The fraction of sp³-hybridized carbons (Fsp3) is 0.211. The lowest BCUT2D eigenvalue weighted by Crippen LogP contribution is -2.25. The molecule has 0 fully saturated rings. The molecule has 0 aliphatic rings. The molecular weight excluding hydrogens is 346 g/mol. The molecule has 0 N–H and O–H groups in total.